The number of fused-ring (bicyclic) bond motifs is 1. The number of hydrogen-bond donors (Lipinski definition) is 0. The van der Waals surface area contributed by atoms with Crippen molar-refractivity contribution in [3.05, 3.63) is 34.1 Å². The maximum atomic E-state index is 2.30. The summed E-state index contributed by atoms with van der Waals surface area (Å²) in [5, 5.41) is 2.17. The van der Waals surface area contributed by atoms with Gasteiger partial charge in [-0.2, -0.15) is 0 Å². The fourth-order valence-corrected chi connectivity index (χ4v) is 2.16. The normalized spacial score (nSPS) is 30.1. The molecule has 1 unspecified atom stereocenters. The molecule has 0 fully saturated rings. The second-order valence-corrected chi connectivity index (χ2v) is 3.41. The van der Waals surface area contributed by atoms with Crippen molar-refractivity contribution < 1.29 is 0 Å². The molecule has 0 saturated heterocycles. The van der Waals surface area contributed by atoms with Gasteiger partial charge in [0.1, 0.15) is 0 Å². The van der Waals surface area contributed by atoms with Gasteiger partial charge in [0.2, 0.25) is 0 Å². The van der Waals surface area contributed by atoms with Gasteiger partial charge in [0.25, 0.3) is 0 Å². The number of hydrogen-bond acceptors (Lipinski definition) is 1. The van der Waals surface area contributed by atoms with Crippen molar-refractivity contribution in [1.82, 2.24) is 0 Å². The van der Waals surface area contributed by atoms with Crippen LogP contribution in [0.4, 0.5) is 0 Å². The number of allylic oxidation sites excluding steroid dienone is 5. The second kappa shape index (κ2) is 1.77. The van der Waals surface area contributed by atoms with E-state index in [0.717, 1.165) is 0 Å². The van der Waals surface area contributed by atoms with Crippen LogP contribution in [0.1, 0.15) is 6.92 Å². The largest absolute Gasteiger partial charge is 0.102 e. The highest BCUT2D eigenvalue weighted by molar-refractivity contribution is 8.06. The lowest BCUT2D eigenvalue weighted by Crippen LogP contribution is -1.80. The molecule has 0 radical (unpaired) electrons. The Kier molecular flexibility index (Phi) is 1.06. The SMILES string of the molecule is CC1=CC2C=CSC2=C1. The molecule has 2 aliphatic rings. The molecule has 0 bridgehead atoms. The lowest BCUT2D eigenvalue weighted by atomic mass is 10.2. The Bertz CT molecular complexity index is 221. The lowest BCUT2D eigenvalue weighted by Gasteiger charge is -1.94. The standard InChI is InChI=1S/C8H8S/c1-6-4-7-2-3-9-8(7)5-6/h2-5,7H,1H3. The zero-order valence-electron chi connectivity index (χ0n) is 5.29. The summed E-state index contributed by atoms with van der Waals surface area (Å²) in [6.07, 6.45) is 6.80. The summed E-state index contributed by atoms with van der Waals surface area (Å²) in [5.74, 6) is 0.634. The van der Waals surface area contributed by atoms with Crippen molar-refractivity contribution in [3.8, 4) is 0 Å². The lowest BCUT2D eigenvalue weighted by molar-refractivity contribution is 1.08. The van der Waals surface area contributed by atoms with Gasteiger partial charge in [0.05, 0.1) is 0 Å². The van der Waals surface area contributed by atoms with Gasteiger partial charge in [-0.25, -0.2) is 0 Å². The summed E-state index contributed by atoms with van der Waals surface area (Å²) < 4.78 is 0. The highest BCUT2D eigenvalue weighted by Crippen LogP contribution is 2.39. The van der Waals surface area contributed by atoms with E-state index in [9.17, 15) is 0 Å². The molecule has 1 heterocycles. The van der Waals surface area contributed by atoms with Crippen LogP contribution in [0.25, 0.3) is 0 Å². The maximum absolute atomic E-state index is 2.30. The first-order chi connectivity index (χ1) is 4.36. The monoisotopic (exact) mass is 136 g/mol. The molecule has 9 heavy (non-hydrogen) atoms. The Morgan fingerprint density at radius 3 is 3.22 bits per heavy atom. The second-order valence-electron chi connectivity index (χ2n) is 2.43. The topological polar surface area (TPSA) is 0 Å². The minimum absolute atomic E-state index is 0.634. The zero-order valence-corrected chi connectivity index (χ0v) is 6.11. The molecule has 0 aromatic heterocycles. The van der Waals surface area contributed by atoms with Crippen LogP contribution in [0, 0.1) is 5.92 Å². The first-order valence-electron chi connectivity index (χ1n) is 3.09. The molecule has 46 valence electrons. The fraction of sp³-hybridized carbons (Fsp3) is 0.250. The maximum Gasteiger partial charge on any atom is 0.0275 e. The average molecular weight is 136 g/mol. The molecule has 0 saturated carbocycles. The molecule has 0 amide bonds. The Morgan fingerprint density at radius 1 is 1.56 bits per heavy atom. The van der Waals surface area contributed by atoms with Crippen molar-refractivity contribution in [1.29, 1.82) is 0 Å². The molecule has 0 aromatic carbocycles. The van der Waals surface area contributed by atoms with Gasteiger partial charge in [-0.05, 0) is 18.4 Å². The Labute approximate surface area is 59.3 Å². The van der Waals surface area contributed by atoms with Gasteiger partial charge in [-0.3, -0.25) is 0 Å². The van der Waals surface area contributed by atoms with E-state index in [4.69, 9.17) is 0 Å². The predicted octanol–water partition coefficient (Wildman–Crippen LogP) is 2.71. The number of thioether (sulfide) groups is 1. The summed E-state index contributed by atoms with van der Waals surface area (Å²) >= 11 is 1.85. The molecule has 1 atom stereocenters. The molecule has 0 spiro atoms. The molecule has 2 rings (SSSR count). The van der Waals surface area contributed by atoms with Crippen LogP contribution in [-0.2, 0) is 0 Å². The third-order valence-corrected chi connectivity index (χ3v) is 2.59. The van der Waals surface area contributed by atoms with Crippen molar-refractivity contribution >= 4 is 11.8 Å². The fourth-order valence-electron chi connectivity index (χ4n) is 1.20. The molecular formula is C8H8S. The van der Waals surface area contributed by atoms with Gasteiger partial charge < -0.3 is 0 Å². The molecule has 1 heteroatoms. The molecule has 1 aliphatic heterocycles. The molecule has 0 N–H and O–H groups in total. The van der Waals surface area contributed by atoms with Crippen molar-refractivity contribution in [2.45, 2.75) is 6.92 Å². The summed E-state index contributed by atoms with van der Waals surface area (Å²) in [7, 11) is 0. The van der Waals surface area contributed by atoms with Crippen molar-refractivity contribution in [3.63, 3.8) is 0 Å². The molecular weight excluding hydrogens is 128 g/mol. The van der Waals surface area contributed by atoms with E-state index in [1.165, 1.54) is 10.5 Å². The van der Waals surface area contributed by atoms with Gasteiger partial charge in [-0.1, -0.05) is 17.7 Å². The summed E-state index contributed by atoms with van der Waals surface area (Å²) in [6, 6.07) is 0. The van der Waals surface area contributed by atoms with Gasteiger partial charge in [0.15, 0.2) is 0 Å². The Hall–Kier alpha value is -0.430. The summed E-state index contributed by atoms with van der Waals surface area (Å²) in [6.45, 7) is 2.15. The van der Waals surface area contributed by atoms with Crippen LogP contribution in [0.2, 0.25) is 0 Å². The Morgan fingerprint density at radius 2 is 2.44 bits per heavy atom. The summed E-state index contributed by atoms with van der Waals surface area (Å²) in [4.78, 5) is 1.49. The number of rotatable bonds is 0. The van der Waals surface area contributed by atoms with E-state index in [1.54, 1.807) is 0 Å². The predicted molar refractivity (Wildman–Crippen MR) is 42.1 cm³/mol. The average Bonchev–Trinajstić information content (AvgIpc) is 2.22. The van der Waals surface area contributed by atoms with E-state index < -0.39 is 0 Å². The van der Waals surface area contributed by atoms with Crippen molar-refractivity contribution in [2.75, 3.05) is 0 Å². The smallest absolute Gasteiger partial charge is 0.0275 e. The molecule has 1 aliphatic carbocycles. The van der Waals surface area contributed by atoms with E-state index in [1.807, 2.05) is 11.8 Å². The van der Waals surface area contributed by atoms with Gasteiger partial charge in [-0.15, -0.1) is 11.8 Å². The van der Waals surface area contributed by atoms with Crippen LogP contribution < -0.4 is 0 Å². The van der Waals surface area contributed by atoms with Crippen molar-refractivity contribution in [2.24, 2.45) is 5.92 Å². The van der Waals surface area contributed by atoms with Gasteiger partial charge in [0, 0.05) is 10.8 Å². The van der Waals surface area contributed by atoms with E-state index >= 15 is 0 Å². The van der Waals surface area contributed by atoms with E-state index in [-0.39, 0.29) is 0 Å². The third kappa shape index (κ3) is 0.761. The first-order valence-corrected chi connectivity index (χ1v) is 3.97. The Balaban J connectivity index is 2.37. The van der Waals surface area contributed by atoms with Crippen LogP contribution in [-0.4, -0.2) is 0 Å². The molecule has 0 nitrogen and oxygen atoms in total. The van der Waals surface area contributed by atoms with Crippen LogP contribution in [0.15, 0.2) is 34.1 Å². The summed E-state index contributed by atoms with van der Waals surface area (Å²) in [5.41, 5.74) is 1.41. The minimum atomic E-state index is 0.634. The highest BCUT2D eigenvalue weighted by Gasteiger charge is 2.17. The highest BCUT2D eigenvalue weighted by atomic mass is 32.2. The zero-order chi connectivity index (χ0) is 6.27. The van der Waals surface area contributed by atoms with E-state index in [0.29, 0.717) is 5.92 Å². The first kappa shape index (κ1) is 5.36. The van der Waals surface area contributed by atoms with E-state index in [2.05, 4.69) is 30.6 Å². The minimum Gasteiger partial charge on any atom is -0.102 e. The van der Waals surface area contributed by atoms with Crippen LogP contribution >= 0.6 is 11.8 Å². The van der Waals surface area contributed by atoms with Crippen LogP contribution in [0.5, 0.6) is 0 Å². The van der Waals surface area contributed by atoms with Gasteiger partial charge >= 0.3 is 0 Å². The molecule has 0 aromatic rings. The van der Waals surface area contributed by atoms with Crippen LogP contribution in [0.3, 0.4) is 0 Å². The third-order valence-electron chi connectivity index (χ3n) is 1.63. The quantitative estimate of drug-likeness (QED) is 0.493.